The highest BCUT2D eigenvalue weighted by Crippen LogP contribution is 2.03. The fraction of sp³-hybridized carbons (Fsp3) is 0.545. The Balaban J connectivity index is 1.77. The van der Waals surface area contributed by atoms with Gasteiger partial charge in [0.1, 0.15) is 6.54 Å². The highest BCUT2D eigenvalue weighted by atomic mass is 16.5. The van der Waals surface area contributed by atoms with Crippen LogP contribution in [-0.4, -0.2) is 51.4 Å². The molecule has 0 spiro atoms. The molecule has 2 aromatic rings. The molecular formula is C11H17N7O3. The van der Waals surface area contributed by atoms with Gasteiger partial charge in [0.05, 0.1) is 18.5 Å². The molecule has 0 aromatic carbocycles. The van der Waals surface area contributed by atoms with E-state index >= 15 is 0 Å². The monoisotopic (exact) mass is 295 g/mol. The lowest BCUT2D eigenvalue weighted by Gasteiger charge is -2.00. The van der Waals surface area contributed by atoms with Gasteiger partial charge in [-0.3, -0.25) is 10.1 Å². The van der Waals surface area contributed by atoms with E-state index in [0.29, 0.717) is 19.0 Å². The first-order valence-electron chi connectivity index (χ1n) is 6.36. The molecule has 114 valence electrons. The molecule has 1 amide bonds. The molecule has 0 aliphatic carbocycles. The molecule has 2 rings (SSSR count). The lowest BCUT2D eigenvalue weighted by molar-refractivity contribution is -0.117. The highest BCUT2D eigenvalue weighted by molar-refractivity contribution is 5.88. The molecule has 0 aliphatic rings. The maximum atomic E-state index is 11.7. The van der Waals surface area contributed by atoms with Crippen LogP contribution in [0.2, 0.25) is 0 Å². The average molecular weight is 295 g/mol. The smallest absolute Gasteiger partial charge is 0.322 e. The topological polar surface area (TPSA) is 120 Å². The molecule has 21 heavy (non-hydrogen) atoms. The van der Waals surface area contributed by atoms with Crippen LogP contribution in [-0.2, 0) is 22.6 Å². The third kappa shape index (κ3) is 4.93. The van der Waals surface area contributed by atoms with Gasteiger partial charge in [-0.2, -0.15) is 0 Å². The van der Waals surface area contributed by atoms with Crippen molar-refractivity contribution in [1.82, 2.24) is 30.5 Å². The lowest BCUT2D eigenvalue weighted by atomic mass is 10.4. The zero-order chi connectivity index (χ0) is 15.1. The normalized spacial score (nSPS) is 10.8. The van der Waals surface area contributed by atoms with Crippen molar-refractivity contribution in [3.63, 3.8) is 0 Å². The minimum atomic E-state index is -0.317. The van der Waals surface area contributed by atoms with Gasteiger partial charge in [0.2, 0.25) is 11.8 Å². The van der Waals surface area contributed by atoms with E-state index in [0.717, 1.165) is 12.2 Å². The summed E-state index contributed by atoms with van der Waals surface area (Å²) in [4.78, 5) is 11.7. The Hall–Kier alpha value is -2.33. The SMILES string of the molecule is COCCNCc1cn(CC(=O)Nc2nnc(C)o2)nn1. The Morgan fingerprint density at radius 2 is 2.29 bits per heavy atom. The molecular weight excluding hydrogens is 278 g/mol. The van der Waals surface area contributed by atoms with Gasteiger partial charge in [-0.15, -0.1) is 10.2 Å². The lowest BCUT2D eigenvalue weighted by Crippen LogP contribution is -2.19. The number of anilines is 1. The summed E-state index contributed by atoms with van der Waals surface area (Å²) in [6.45, 7) is 3.57. The van der Waals surface area contributed by atoms with Gasteiger partial charge >= 0.3 is 6.01 Å². The fourth-order valence-corrected chi connectivity index (χ4v) is 1.54. The first-order valence-corrected chi connectivity index (χ1v) is 6.36. The third-order valence-corrected chi connectivity index (χ3v) is 2.45. The van der Waals surface area contributed by atoms with Gasteiger partial charge in [-0.05, 0) is 0 Å². The van der Waals surface area contributed by atoms with Gasteiger partial charge < -0.3 is 14.5 Å². The number of nitrogens with zero attached hydrogens (tertiary/aromatic N) is 5. The molecule has 0 aliphatic heterocycles. The Kier molecular flexibility index (Phi) is 5.35. The quantitative estimate of drug-likeness (QED) is 0.616. The van der Waals surface area contributed by atoms with Crippen LogP contribution in [0.15, 0.2) is 10.6 Å². The third-order valence-electron chi connectivity index (χ3n) is 2.45. The minimum Gasteiger partial charge on any atom is -0.408 e. The first-order chi connectivity index (χ1) is 10.2. The van der Waals surface area contributed by atoms with Gasteiger partial charge in [0.15, 0.2) is 0 Å². The molecule has 10 heteroatoms. The number of carbonyl (C=O) groups excluding carboxylic acids is 1. The maximum Gasteiger partial charge on any atom is 0.322 e. The van der Waals surface area contributed by atoms with E-state index in [1.165, 1.54) is 4.68 Å². The van der Waals surface area contributed by atoms with Gasteiger partial charge in [-0.25, -0.2) is 4.68 Å². The largest absolute Gasteiger partial charge is 0.408 e. The van der Waals surface area contributed by atoms with Crippen LogP contribution in [0.3, 0.4) is 0 Å². The van der Waals surface area contributed by atoms with E-state index in [1.54, 1.807) is 20.2 Å². The van der Waals surface area contributed by atoms with Crippen LogP contribution in [0.4, 0.5) is 6.01 Å². The van der Waals surface area contributed by atoms with Crippen molar-refractivity contribution in [3.05, 3.63) is 17.8 Å². The Morgan fingerprint density at radius 3 is 3.00 bits per heavy atom. The van der Waals surface area contributed by atoms with E-state index in [4.69, 9.17) is 9.15 Å². The summed E-state index contributed by atoms with van der Waals surface area (Å²) in [5.74, 6) is 0.0675. The van der Waals surface area contributed by atoms with Crippen LogP contribution >= 0.6 is 0 Å². The molecule has 0 saturated carbocycles. The van der Waals surface area contributed by atoms with Gasteiger partial charge in [-0.1, -0.05) is 10.3 Å². The van der Waals surface area contributed by atoms with Crippen LogP contribution in [0.1, 0.15) is 11.6 Å². The Morgan fingerprint density at radius 1 is 1.43 bits per heavy atom. The number of methoxy groups -OCH3 is 1. The molecule has 0 unspecified atom stereocenters. The molecule has 2 aromatic heterocycles. The predicted octanol–water partition coefficient (Wildman–Crippen LogP) is -0.656. The van der Waals surface area contributed by atoms with Crippen molar-refractivity contribution >= 4 is 11.9 Å². The van der Waals surface area contributed by atoms with E-state index in [2.05, 4.69) is 31.1 Å². The van der Waals surface area contributed by atoms with Crippen molar-refractivity contribution in [2.24, 2.45) is 0 Å². The number of rotatable bonds is 8. The standard InChI is InChI=1S/C11H17N7O3/c1-8-14-16-11(21-8)13-10(19)7-18-6-9(15-17-18)5-12-3-4-20-2/h6,12H,3-5,7H2,1-2H3,(H,13,16,19). The Labute approximate surface area is 120 Å². The fourth-order valence-electron chi connectivity index (χ4n) is 1.54. The number of nitrogens with one attached hydrogen (secondary N) is 2. The average Bonchev–Trinajstić information content (AvgIpc) is 3.04. The number of aryl methyl sites for hydroxylation is 1. The molecule has 0 saturated heterocycles. The second-order valence-corrected chi connectivity index (χ2v) is 4.25. The van der Waals surface area contributed by atoms with E-state index in [-0.39, 0.29) is 18.5 Å². The summed E-state index contributed by atoms with van der Waals surface area (Å²) in [5, 5.41) is 20.7. The van der Waals surface area contributed by atoms with Crippen LogP contribution in [0.25, 0.3) is 0 Å². The van der Waals surface area contributed by atoms with Crippen molar-refractivity contribution in [2.75, 3.05) is 25.6 Å². The predicted molar refractivity (Wildman–Crippen MR) is 71.3 cm³/mol. The number of aromatic nitrogens is 5. The number of carbonyl (C=O) groups is 1. The van der Waals surface area contributed by atoms with E-state index < -0.39 is 0 Å². The van der Waals surface area contributed by atoms with Crippen molar-refractivity contribution in [3.8, 4) is 0 Å². The number of amides is 1. The highest BCUT2D eigenvalue weighted by Gasteiger charge is 2.10. The summed E-state index contributed by atoms with van der Waals surface area (Å²) in [6, 6.07) is 0.0686. The van der Waals surface area contributed by atoms with Gasteiger partial charge in [0.25, 0.3) is 0 Å². The zero-order valence-electron chi connectivity index (χ0n) is 11.9. The second kappa shape index (κ2) is 7.45. The summed E-state index contributed by atoms with van der Waals surface area (Å²) in [6.07, 6.45) is 1.69. The molecule has 0 bridgehead atoms. The van der Waals surface area contributed by atoms with Crippen molar-refractivity contribution < 1.29 is 13.9 Å². The van der Waals surface area contributed by atoms with E-state index in [9.17, 15) is 4.79 Å². The van der Waals surface area contributed by atoms with Crippen LogP contribution in [0, 0.1) is 6.92 Å². The molecule has 0 fully saturated rings. The van der Waals surface area contributed by atoms with Crippen LogP contribution in [0.5, 0.6) is 0 Å². The summed E-state index contributed by atoms with van der Waals surface area (Å²) >= 11 is 0. The van der Waals surface area contributed by atoms with E-state index in [1.807, 2.05) is 0 Å². The first kappa shape index (κ1) is 15.1. The molecule has 0 radical (unpaired) electrons. The van der Waals surface area contributed by atoms with Crippen molar-refractivity contribution in [2.45, 2.75) is 20.0 Å². The summed E-state index contributed by atoms with van der Waals surface area (Å²) < 4.78 is 11.4. The molecule has 10 nitrogen and oxygen atoms in total. The molecule has 0 atom stereocenters. The number of ether oxygens (including phenoxy) is 1. The van der Waals surface area contributed by atoms with Crippen LogP contribution < -0.4 is 10.6 Å². The summed E-state index contributed by atoms with van der Waals surface area (Å²) in [7, 11) is 1.64. The number of hydrogen-bond donors (Lipinski definition) is 2. The maximum absolute atomic E-state index is 11.7. The Bertz CT molecular complexity index is 580. The zero-order valence-corrected chi connectivity index (χ0v) is 11.9. The van der Waals surface area contributed by atoms with Gasteiger partial charge in [0, 0.05) is 27.1 Å². The van der Waals surface area contributed by atoms with Crippen molar-refractivity contribution in [1.29, 1.82) is 0 Å². The summed E-state index contributed by atoms with van der Waals surface area (Å²) in [5.41, 5.74) is 0.743. The molecule has 2 N–H and O–H groups in total. The second-order valence-electron chi connectivity index (χ2n) is 4.25. The number of hydrogen-bond acceptors (Lipinski definition) is 8. The minimum absolute atomic E-state index is 0.0203. The molecule has 2 heterocycles.